The van der Waals surface area contributed by atoms with E-state index in [1.807, 2.05) is 12.2 Å². The van der Waals surface area contributed by atoms with E-state index in [0.717, 1.165) is 37.7 Å². The monoisotopic (exact) mass is 232 g/mol. The molecule has 0 saturated heterocycles. The molecule has 1 aromatic heterocycles. The van der Waals surface area contributed by atoms with E-state index in [0.29, 0.717) is 0 Å². The highest BCUT2D eigenvalue weighted by atomic mass is 15.2. The third kappa shape index (κ3) is 4.36. The quantitative estimate of drug-likeness (QED) is 0.693. The summed E-state index contributed by atoms with van der Waals surface area (Å²) in [5, 5.41) is 3.23. The van der Waals surface area contributed by atoms with Gasteiger partial charge in [0.25, 0.3) is 0 Å². The molecule has 4 nitrogen and oxygen atoms in total. The first-order valence-corrected chi connectivity index (χ1v) is 5.80. The third-order valence-electron chi connectivity index (χ3n) is 2.25. The van der Waals surface area contributed by atoms with Gasteiger partial charge in [-0.25, -0.2) is 4.98 Å². The van der Waals surface area contributed by atoms with Gasteiger partial charge in [-0.1, -0.05) is 19.1 Å². The molecule has 0 bridgehead atoms. The molecule has 17 heavy (non-hydrogen) atoms. The smallest absolute Gasteiger partial charge is 0.148 e. The lowest BCUT2D eigenvalue weighted by atomic mass is 10.4. The average molecular weight is 232 g/mol. The lowest BCUT2D eigenvalue weighted by molar-refractivity contribution is 0.705. The highest BCUT2D eigenvalue weighted by Gasteiger charge is 2.05. The minimum atomic E-state index is 0.741. The normalized spacial score (nSPS) is 9.94. The number of nitrogens with one attached hydrogen (secondary N) is 1. The summed E-state index contributed by atoms with van der Waals surface area (Å²) < 4.78 is 0. The molecule has 0 aliphatic heterocycles. The van der Waals surface area contributed by atoms with Crippen LogP contribution in [0.1, 0.15) is 12.6 Å². The Morgan fingerprint density at radius 1 is 1.29 bits per heavy atom. The zero-order chi connectivity index (χ0) is 12.5. The second-order valence-corrected chi connectivity index (χ2v) is 3.63. The summed E-state index contributed by atoms with van der Waals surface area (Å²) in [6.45, 7) is 12.7. The summed E-state index contributed by atoms with van der Waals surface area (Å²) in [5.41, 5.74) is 0.947. The molecule has 1 aromatic rings. The van der Waals surface area contributed by atoms with E-state index in [2.05, 4.69) is 40.3 Å². The zero-order valence-corrected chi connectivity index (χ0v) is 10.4. The van der Waals surface area contributed by atoms with E-state index in [9.17, 15) is 0 Å². The molecule has 0 aliphatic rings. The van der Waals surface area contributed by atoms with E-state index >= 15 is 0 Å². The first-order chi connectivity index (χ1) is 8.31. The lowest BCUT2D eigenvalue weighted by Gasteiger charge is -2.20. The Morgan fingerprint density at radius 3 is 2.59 bits per heavy atom. The van der Waals surface area contributed by atoms with E-state index in [1.165, 1.54) is 0 Å². The molecule has 1 N–H and O–H groups in total. The fourth-order valence-corrected chi connectivity index (χ4v) is 1.46. The van der Waals surface area contributed by atoms with Crippen LogP contribution in [0.15, 0.2) is 37.7 Å². The van der Waals surface area contributed by atoms with Crippen LogP contribution in [0, 0.1) is 0 Å². The summed E-state index contributed by atoms with van der Waals surface area (Å²) in [6.07, 6.45) is 7.25. The van der Waals surface area contributed by atoms with Crippen LogP contribution in [0.25, 0.3) is 0 Å². The highest BCUT2D eigenvalue weighted by molar-refractivity contribution is 5.38. The number of rotatable bonds is 8. The molecule has 1 heterocycles. The van der Waals surface area contributed by atoms with Crippen molar-refractivity contribution in [3.8, 4) is 0 Å². The predicted octanol–water partition coefficient (Wildman–Crippen LogP) is 1.76. The summed E-state index contributed by atoms with van der Waals surface area (Å²) in [7, 11) is 0. The van der Waals surface area contributed by atoms with Crippen LogP contribution in [-0.4, -0.2) is 29.6 Å². The van der Waals surface area contributed by atoms with Crippen molar-refractivity contribution in [2.24, 2.45) is 0 Å². The Kier molecular flexibility index (Phi) is 5.96. The maximum Gasteiger partial charge on any atom is 0.148 e. The van der Waals surface area contributed by atoms with Crippen molar-refractivity contribution in [2.75, 3.05) is 24.5 Å². The third-order valence-corrected chi connectivity index (χ3v) is 2.25. The van der Waals surface area contributed by atoms with Crippen molar-refractivity contribution in [2.45, 2.75) is 13.5 Å². The van der Waals surface area contributed by atoms with Gasteiger partial charge in [0.1, 0.15) is 5.82 Å². The molecule has 4 heteroatoms. The Balaban J connectivity index is 2.79. The minimum Gasteiger partial charge on any atom is -0.348 e. The maximum atomic E-state index is 4.55. The molecule has 0 aliphatic carbocycles. The van der Waals surface area contributed by atoms with Crippen LogP contribution in [-0.2, 0) is 6.54 Å². The second-order valence-electron chi connectivity index (χ2n) is 3.63. The van der Waals surface area contributed by atoms with Gasteiger partial charge in [-0.2, -0.15) is 0 Å². The van der Waals surface area contributed by atoms with Crippen LogP contribution < -0.4 is 10.2 Å². The standard InChI is InChI=1S/C13H20N4/c1-4-7-17(8-5-2)13-11-15-10-12(16-13)9-14-6-3/h4-5,10-11,14H,1-2,6-9H2,3H3. The molecular formula is C13H20N4. The van der Waals surface area contributed by atoms with Crippen molar-refractivity contribution < 1.29 is 0 Å². The molecule has 0 fully saturated rings. The second kappa shape index (κ2) is 7.57. The first kappa shape index (κ1) is 13.4. The molecule has 92 valence electrons. The average Bonchev–Trinajstić information content (AvgIpc) is 2.36. The minimum absolute atomic E-state index is 0.741. The molecule has 0 atom stereocenters. The zero-order valence-electron chi connectivity index (χ0n) is 10.4. The van der Waals surface area contributed by atoms with Crippen molar-refractivity contribution in [3.63, 3.8) is 0 Å². The van der Waals surface area contributed by atoms with Gasteiger partial charge >= 0.3 is 0 Å². The van der Waals surface area contributed by atoms with E-state index in [4.69, 9.17) is 0 Å². The Bertz CT molecular complexity index is 352. The fraction of sp³-hybridized carbons (Fsp3) is 0.385. The highest BCUT2D eigenvalue weighted by Crippen LogP contribution is 2.09. The Morgan fingerprint density at radius 2 is 2.00 bits per heavy atom. The van der Waals surface area contributed by atoms with Gasteiger partial charge in [0.05, 0.1) is 11.9 Å². The van der Waals surface area contributed by atoms with Gasteiger partial charge in [0, 0.05) is 25.8 Å². The lowest BCUT2D eigenvalue weighted by Crippen LogP contribution is -2.25. The van der Waals surface area contributed by atoms with Gasteiger partial charge in [0.15, 0.2) is 0 Å². The summed E-state index contributed by atoms with van der Waals surface area (Å²) >= 11 is 0. The summed E-state index contributed by atoms with van der Waals surface area (Å²) in [4.78, 5) is 10.8. The maximum absolute atomic E-state index is 4.55. The number of nitrogens with zero attached hydrogens (tertiary/aromatic N) is 3. The van der Waals surface area contributed by atoms with Crippen LogP contribution in [0.3, 0.4) is 0 Å². The largest absolute Gasteiger partial charge is 0.348 e. The molecule has 0 saturated carbocycles. The van der Waals surface area contributed by atoms with Crippen LogP contribution >= 0.6 is 0 Å². The van der Waals surface area contributed by atoms with Crippen molar-refractivity contribution in [3.05, 3.63) is 43.4 Å². The molecule has 0 aromatic carbocycles. The fourth-order valence-electron chi connectivity index (χ4n) is 1.46. The molecule has 0 radical (unpaired) electrons. The molecule has 1 rings (SSSR count). The Labute approximate surface area is 103 Å². The summed E-state index contributed by atoms with van der Waals surface area (Å²) in [6, 6.07) is 0. The first-order valence-electron chi connectivity index (χ1n) is 5.80. The van der Waals surface area contributed by atoms with Gasteiger partial charge in [0.2, 0.25) is 0 Å². The van der Waals surface area contributed by atoms with E-state index in [1.54, 1.807) is 12.4 Å². The van der Waals surface area contributed by atoms with Crippen LogP contribution in [0.5, 0.6) is 0 Å². The Hall–Kier alpha value is -1.68. The van der Waals surface area contributed by atoms with Crippen LogP contribution in [0.2, 0.25) is 0 Å². The van der Waals surface area contributed by atoms with E-state index in [-0.39, 0.29) is 0 Å². The topological polar surface area (TPSA) is 41.1 Å². The van der Waals surface area contributed by atoms with Gasteiger partial charge in [-0.05, 0) is 6.54 Å². The van der Waals surface area contributed by atoms with Crippen molar-refractivity contribution >= 4 is 5.82 Å². The van der Waals surface area contributed by atoms with Gasteiger partial charge in [-0.15, -0.1) is 13.2 Å². The number of hydrogen-bond acceptors (Lipinski definition) is 4. The number of anilines is 1. The number of aromatic nitrogens is 2. The molecule has 0 amide bonds. The van der Waals surface area contributed by atoms with Gasteiger partial charge in [-0.3, -0.25) is 4.98 Å². The molecule has 0 unspecified atom stereocenters. The van der Waals surface area contributed by atoms with Crippen molar-refractivity contribution in [1.29, 1.82) is 0 Å². The predicted molar refractivity (Wildman–Crippen MR) is 72.0 cm³/mol. The van der Waals surface area contributed by atoms with Crippen LogP contribution in [0.4, 0.5) is 5.82 Å². The van der Waals surface area contributed by atoms with E-state index < -0.39 is 0 Å². The van der Waals surface area contributed by atoms with Gasteiger partial charge < -0.3 is 10.2 Å². The molecule has 0 spiro atoms. The summed E-state index contributed by atoms with van der Waals surface area (Å²) in [5.74, 6) is 0.861. The molecular weight excluding hydrogens is 212 g/mol. The SMILES string of the molecule is C=CCN(CC=C)c1cncc(CNCC)n1. The van der Waals surface area contributed by atoms with Crippen molar-refractivity contribution in [1.82, 2.24) is 15.3 Å². The number of hydrogen-bond donors (Lipinski definition) is 1.